The van der Waals surface area contributed by atoms with Gasteiger partial charge in [0, 0.05) is 18.9 Å². The van der Waals surface area contributed by atoms with E-state index in [1.54, 1.807) is 42.1 Å². The topological polar surface area (TPSA) is 94.5 Å². The number of anilines is 1. The van der Waals surface area contributed by atoms with E-state index in [4.69, 9.17) is 5.26 Å². The monoisotopic (exact) mass is 291 g/mol. The lowest BCUT2D eigenvalue weighted by molar-refractivity contribution is -0.112. The van der Waals surface area contributed by atoms with Crippen molar-refractivity contribution >= 4 is 17.8 Å². The number of hydrogen-bond acceptors (Lipinski definition) is 4. The van der Waals surface area contributed by atoms with Crippen molar-refractivity contribution in [1.29, 1.82) is 10.5 Å². The van der Waals surface area contributed by atoms with E-state index in [0.29, 0.717) is 17.1 Å². The maximum Gasteiger partial charge on any atom is 0.267 e. The number of nitriles is 2. The van der Waals surface area contributed by atoms with Crippen LogP contribution in [0.2, 0.25) is 0 Å². The molecule has 0 unspecified atom stereocenters. The zero-order valence-corrected chi connectivity index (χ0v) is 12.2. The summed E-state index contributed by atoms with van der Waals surface area (Å²) >= 11 is 0. The fraction of sp³-hybridized carbons (Fsp3) is 0.125. The van der Waals surface area contributed by atoms with Gasteiger partial charge in [0.15, 0.2) is 0 Å². The largest absolute Gasteiger partial charge is 0.339 e. The number of rotatable bonds is 3. The minimum Gasteiger partial charge on any atom is -0.339 e. The minimum atomic E-state index is -0.539. The van der Waals surface area contributed by atoms with Crippen LogP contribution in [0.15, 0.2) is 36.0 Å². The molecule has 22 heavy (non-hydrogen) atoms. The Kier molecular flexibility index (Phi) is 4.36. The second-order valence-corrected chi connectivity index (χ2v) is 4.58. The summed E-state index contributed by atoms with van der Waals surface area (Å²) in [6, 6.07) is 10.7. The van der Waals surface area contributed by atoms with Crippen molar-refractivity contribution in [3.63, 3.8) is 0 Å². The molecule has 0 atom stereocenters. The van der Waals surface area contributed by atoms with E-state index < -0.39 is 5.91 Å². The Morgan fingerprint density at radius 1 is 1.41 bits per heavy atom. The SMILES string of the molecule is Cc1c(C=C(C#N)C(=O)Nc2ccccn2)cc(C#N)n1C. The molecule has 6 nitrogen and oxygen atoms in total. The summed E-state index contributed by atoms with van der Waals surface area (Å²) in [7, 11) is 1.76. The average Bonchev–Trinajstić information content (AvgIpc) is 2.81. The molecule has 1 N–H and O–H groups in total. The number of pyridine rings is 1. The molecule has 0 fully saturated rings. The smallest absolute Gasteiger partial charge is 0.267 e. The third-order valence-corrected chi connectivity index (χ3v) is 3.26. The molecule has 2 heterocycles. The molecule has 0 spiro atoms. The van der Waals surface area contributed by atoms with Gasteiger partial charge in [-0.1, -0.05) is 6.07 Å². The molecule has 0 aliphatic rings. The molecule has 6 heteroatoms. The number of carbonyl (C=O) groups is 1. The van der Waals surface area contributed by atoms with Crippen molar-refractivity contribution in [2.75, 3.05) is 5.32 Å². The van der Waals surface area contributed by atoms with Gasteiger partial charge in [-0.05, 0) is 36.8 Å². The Labute approximate surface area is 127 Å². The molecule has 2 rings (SSSR count). The quantitative estimate of drug-likeness (QED) is 0.692. The zero-order chi connectivity index (χ0) is 16.1. The molecular weight excluding hydrogens is 278 g/mol. The van der Waals surface area contributed by atoms with Crippen molar-refractivity contribution in [3.8, 4) is 12.1 Å². The highest BCUT2D eigenvalue weighted by Crippen LogP contribution is 2.17. The first-order valence-electron chi connectivity index (χ1n) is 6.47. The van der Waals surface area contributed by atoms with E-state index in [1.807, 2.05) is 13.0 Å². The minimum absolute atomic E-state index is 0.0520. The molecule has 2 aromatic heterocycles. The summed E-state index contributed by atoms with van der Waals surface area (Å²) in [4.78, 5) is 16.1. The summed E-state index contributed by atoms with van der Waals surface area (Å²) in [6.07, 6.45) is 3.01. The van der Waals surface area contributed by atoms with E-state index in [-0.39, 0.29) is 5.57 Å². The first-order valence-corrected chi connectivity index (χ1v) is 6.47. The van der Waals surface area contributed by atoms with Crippen LogP contribution in [-0.4, -0.2) is 15.5 Å². The highest BCUT2D eigenvalue weighted by Gasteiger charge is 2.13. The number of nitrogens with zero attached hydrogens (tertiary/aromatic N) is 4. The Bertz CT molecular complexity index is 819. The van der Waals surface area contributed by atoms with Gasteiger partial charge in [0.1, 0.15) is 29.2 Å². The van der Waals surface area contributed by atoms with Crippen LogP contribution >= 0.6 is 0 Å². The highest BCUT2D eigenvalue weighted by atomic mass is 16.1. The summed E-state index contributed by atoms with van der Waals surface area (Å²) in [5.41, 5.74) is 1.87. The molecule has 0 aliphatic carbocycles. The van der Waals surface area contributed by atoms with Gasteiger partial charge in [-0.25, -0.2) is 4.98 Å². The van der Waals surface area contributed by atoms with Crippen molar-refractivity contribution in [2.45, 2.75) is 6.92 Å². The predicted octanol–water partition coefficient (Wildman–Crippen LogP) is 2.15. The predicted molar refractivity (Wildman–Crippen MR) is 81.3 cm³/mol. The third kappa shape index (κ3) is 3.02. The maximum absolute atomic E-state index is 12.1. The molecule has 2 aromatic rings. The van der Waals surface area contributed by atoms with Crippen LogP contribution < -0.4 is 5.32 Å². The normalized spacial score (nSPS) is 10.6. The highest BCUT2D eigenvalue weighted by molar-refractivity contribution is 6.09. The lowest BCUT2D eigenvalue weighted by Gasteiger charge is -2.03. The Hall–Kier alpha value is -3.38. The van der Waals surface area contributed by atoms with Gasteiger partial charge in [0.25, 0.3) is 5.91 Å². The third-order valence-electron chi connectivity index (χ3n) is 3.26. The Morgan fingerprint density at radius 3 is 2.73 bits per heavy atom. The van der Waals surface area contributed by atoms with Crippen LogP contribution in [-0.2, 0) is 11.8 Å². The lowest BCUT2D eigenvalue weighted by atomic mass is 10.1. The molecule has 0 saturated heterocycles. The van der Waals surface area contributed by atoms with Crippen LogP contribution in [0.25, 0.3) is 6.08 Å². The molecule has 0 bridgehead atoms. The fourth-order valence-corrected chi connectivity index (χ4v) is 1.90. The second-order valence-electron chi connectivity index (χ2n) is 4.58. The number of nitrogens with one attached hydrogen (secondary N) is 1. The first-order chi connectivity index (χ1) is 10.6. The van der Waals surface area contributed by atoms with E-state index >= 15 is 0 Å². The zero-order valence-electron chi connectivity index (χ0n) is 12.2. The van der Waals surface area contributed by atoms with Gasteiger partial charge >= 0.3 is 0 Å². The summed E-state index contributed by atoms with van der Waals surface area (Å²) in [5, 5.41) is 20.8. The molecular formula is C16H13N5O. The maximum atomic E-state index is 12.1. The summed E-state index contributed by atoms with van der Waals surface area (Å²) in [6.45, 7) is 1.82. The van der Waals surface area contributed by atoms with Gasteiger partial charge in [0.2, 0.25) is 0 Å². The van der Waals surface area contributed by atoms with Crippen molar-refractivity contribution in [1.82, 2.24) is 9.55 Å². The summed E-state index contributed by atoms with van der Waals surface area (Å²) in [5.74, 6) is -0.167. The molecule has 0 saturated carbocycles. The van der Waals surface area contributed by atoms with Gasteiger partial charge in [0.05, 0.1) is 0 Å². The van der Waals surface area contributed by atoms with E-state index in [9.17, 15) is 10.1 Å². The standard InChI is InChI=1S/C16H13N5O/c1-11-12(8-14(10-18)21(11)2)7-13(9-17)16(22)20-15-5-3-4-6-19-15/h3-8H,1-2H3,(H,19,20,22). The number of amides is 1. The van der Waals surface area contributed by atoms with Crippen LogP contribution in [0.3, 0.4) is 0 Å². The molecule has 0 aromatic carbocycles. The van der Waals surface area contributed by atoms with Gasteiger partial charge < -0.3 is 9.88 Å². The molecule has 1 amide bonds. The van der Waals surface area contributed by atoms with Gasteiger partial charge in [-0.15, -0.1) is 0 Å². The van der Waals surface area contributed by atoms with Gasteiger partial charge in [-0.3, -0.25) is 4.79 Å². The lowest BCUT2D eigenvalue weighted by Crippen LogP contribution is -2.14. The fourth-order valence-electron chi connectivity index (χ4n) is 1.90. The Balaban J connectivity index is 2.31. The molecule has 0 aliphatic heterocycles. The summed E-state index contributed by atoms with van der Waals surface area (Å²) < 4.78 is 1.71. The van der Waals surface area contributed by atoms with Crippen molar-refractivity contribution in [2.24, 2.45) is 7.05 Å². The average molecular weight is 291 g/mol. The van der Waals surface area contributed by atoms with Crippen molar-refractivity contribution < 1.29 is 4.79 Å². The van der Waals surface area contributed by atoms with Crippen LogP contribution in [0.4, 0.5) is 5.82 Å². The second kappa shape index (κ2) is 6.38. The first kappa shape index (κ1) is 15.0. The number of aromatic nitrogens is 2. The van der Waals surface area contributed by atoms with E-state index in [2.05, 4.69) is 16.4 Å². The van der Waals surface area contributed by atoms with Gasteiger partial charge in [-0.2, -0.15) is 10.5 Å². The number of carbonyl (C=O) groups excluding carboxylic acids is 1. The molecule has 108 valence electrons. The van der Waals surface area contributed by atoms with E-state index in [1.165, 1.54) is 6.08 Å². The van der Waals surface area contributed by atoms with Crippen molar-refractivity contribution in [3.05, 3.63) is 53.0 Å². The molecule has 0 radical (unpaired) electrons. The number of hydrogen-bond donors (Lipinski definition) is 1. The van der Waals surface area contributed by atoms with E-state index in [0.717, 1.165) is 5.69 Å². The van der Waals surface area contributed by atoms with Crippen LogP contribution in [0.1, 0.15) is 17.0 Å². The van der Waals surface area contributed by atoms with Crippen LogP contribution in [0.5, 0.6) is 0 Å². The van der Waals surface area contributed by atoms with Crippen LogP contribution in [0, 0.1) is 29.6 Å². The Morgan fingerprint density at radius 2 is 2.18 bits per heavy atom.